The Morgan fingerprint density at radius 3 is 2.65 bits per heavy atom. The number of hydrogen-bond donors (Lipinski definition) is 2. The fourth-order valence-corrected chi connectivity index (χ4v) is 1.63. The highest BCUT2D eigenvalue weighted by molar-refractivity contribution is 6.65. The summed E-state index contributed by atoms with van der Waals surface area (Å²) < 4.78 is 5.16. The van der Waals surface area contributed by atoms with Gasteiger partial charge in [-0.05, 0) is 20.8 Å². The van der Waals surface area contributed by atoms with E-state index >= 15 is 0 Å². The average Bonchev–Trinajstić information content (AvgIpc) is 2.47. The number of nitrogens with zero attached hydrogens (tertiary/aromatic N) is 1. The number of ether oxygens (including phenoxy) is 1. The maximum atomic E-state index is 11.9. The van der Waals surface area contributed by atoms with E-state index < -0.39 is 29.8 Å². The summed E-state index contributed by atoms with van der Waals surface area (Å²) in [5.74, 6) is -1.63. The molecule has 17 heavy (non-hydrogen) atoms. The smallest absolute Gasteiger partial charge is 0.317 e. The molecule has 0 amide bonds. The van der Waals surface area contributed by atoms with Crippen molar-refractivity contribution in [3.8, 4) is 0 Å². The van der Waals surface area contributed by atoms with Crippen molar-refractivity contribution in [3.05, 3.63) is 0 Å². The highest BCUT2D eigenvalue weighted by atomic mass is 35.5. The third-order valence-corrected chi connectivity index (χ3v) is 2.33. The van der Waals surface area contributed by atoms with Gasteiger partial charge in [-0.1, -0.05) is 16.8 Å². The van der Waals surface area contributed by atoms with Crippen LogP contribution in [0.2, 0.25) is 0 Å². The van der Waals surface area contributed by atoms with E-state index in [4.69, 9.17) is 26.9 Å². The quantitative estimate of drug-likeness (QED) is 0.574. The molecule has 1 rings (SSSR count). The summed E-state index contributed by atoms with van der Waals surface area (Å²) >= 11 is 5.64. The van der Waals surface area contributed by atoms with Crippen LogP contribution in [-0.4, -0.2) is 34.2 Å². The molecule has 0 bridgehead atoms. The van der Waals surface area contributed by atoms with Crippen LogP contribution in [0.5, 0.6) is 0 Å². The molecule has 3 N–H and O–H groups in total. The highest BCUT2D eigenvalue weighted by Crippen LogP contribution is 2.24. The van der Waals surface area contributed by atoms with Crippen molar-refractivity contribution < 1.29 is 19.5 Å². The number of carbonyl (C=O) groups is 1. The lowest BCUT2D eigenvalue weighted by Gasteiger charge is -2.27. The lowest BCUT2D eigenvalue weighted by atomic mass is 9.98. The van der Waals surface area contributed by atoms with Gasteiger partial charge in [0.1, 0.15) is 22.9 Å². The Kier molecular flexibility index (Phi) is 4.35. The molecule has 0 aromatic carbocycles. The molecule has 0 saturated heterocycles. The van der Waals surface area contributed by atoms with E-state index in [1.54, 1.807) is 20.8 Å². The largest absolute Gasteiger partial charge is 0.460 e. The summed E-state index contributed by atoms with van der Waals surface area (Å²) in [5.41, 5.74) is 4.70. The number of aliphatic hydroxyl groups is 1. The first-order valence-corrected chi connectivity index (χ1v) is 5.63. The lowest BCUT2D eigenvalue weighted by Crippen LogP contribution is -2.45. The summed E-state index contributed by atoms with van der Waals surface area (Å²) in [6, 6.07) is 0. The van der Waals surface area contributed by atoms with Gasteiger partial charge in [0.15, 0.2) is 6.10 Å². The van der Waals surface area contributed by atoms with Crippen molar-refractivity contribution in [2.75, 3.05) is 0 Å². The van der Waals surface area contributed by atoms with E-state index in [0.717, 1.165) is 0 Å². The van der Waals surface area contributed by atoms with Crippen LogP contribution in [0.1, 0.15) is 27.2 Å². The van der Waals surface area contributed by atoms with Crippen LogP contribution in [-0.2, 0) is 14.4 Å². The molecule has 1 heterocycles. The molecule has 0 saturated carbocycles. The number of rotatable bonds is 3. The zero-order valence-corrected chi connectivity index (χ0v) is 10.8. The minimum atomic E-state index is -1.38. The Labute approximate surface area is 105 Å². The molecule has 0 fully saturated rings. The third-order valence-electron chi connectivity index (χ3n) is 2.10. The lowest BCUT2D eigenvalue weighted by molar-refractivity contribution is -0.170. The molecule has 1 aliphatic rings. The molecule has 0 radical (unpaired) electrons. The zero-order chi connectivity index (χ0) is 13.2. The molecular weight excluding hydrogens is 248 g/mol. The summed E-state index contributed by atoms with van der Waals surface area (Å²) in [6.07, 6.45) is -1.83. The van der Waals surface area contributed by atoms with Crippen LogP contribution in [0.3, 0.4) is 0 Å². The van der Waals surface area contributed by atoms with Crippen molar-refractivity contribution in [2.45, 2.75) is 45.1 Å². The topological polar surface area (TPSA) is 94.1 Å². The van der Waals surface area contributed by atoms with Gasteiger partial charge in [-0.15, -0.1) is 0 Å². The second-order valence-corrected chi connectivity index (χ2v) is 5.30. The fourth-order valence-electron chi connectivity index (χ4n) is 1.44. The van der Waals surface area contributed by atoms with Crippen molar-refractivity contribution in [1.29, 1.82) is 0 Å². The second kappa shape index (κ2) is 5.20. The van der Waals surface area contributed by atoms with E-state index in [1.807, 2.05) is 0 Å². The van der Waals surface area contributed by atoms with Crippen molar-refractivity contribution in [1.82, 2.24) is 0 Å². The average molecular weight is 265 g/mol. The minimum absolute atomic E-state index is 0.236. The van der Waals surface area contributed by atoms with Crippen molar-refractivity contribution in [2.24, 2.45) is 16.8 Å². The molecule has 3 unspecified atom stereocenters. The van der Waals surface area contributed by atoms with E-state index in [-0.39, 0.29) is 11.6 Å². The normalized spacial score (nSPS) is 23.6. The van der Waals surface area contributed by atoms with Gasteiger partial charge >= 0.3 is 5.97 Å². The predicted octanol–water partition coefficient (Wildman–Crippen LogP) is 0.563. The van der Waals surface area contributed by atoms with Crippen LogP contribution in [0.25, 0.3) is 0 Å². The summed E-state index contributed by atoms with van der Waals surface area (Å²) in [6.45, 7) is 5.18. The molecule has 0 spiro atoms. The van der Waals surface area contributed by atoms with Crippen LogP contribution in [0.15, 0.2) is 5.16 Å². The Morgan fingerprint density at radius 2 is 2.29 bits per heavy atom. The van der Waals surface area contributed by atoms with Gasteiger partial charge in [0.25, 0.3) is 0 Å². The zero-order valence-electron chi connectivity index (χ0n) is 10.0. The molecule has 98 valence electrons. The minimum Gasteiger partial charge on any atom is -0.460 e. The number of hydrogen-bond acceptors (Lipinski definition) is 6. The maximum absolute atomic E-state index is 11.9. The first kappa shape index (κ1) is 14.2. The monoisotopic (exact) mass is 264 g/mol. The number of carbonyl (C=O) groups excluding carboxylic acids is 1. The van der Waals surface area contributed by atoms with Crippen LogP contribution >= 0.6 is 11.6 Å². The Hall–Kier alpha value is -0.850. The Bertz CT molecular complexity index is 325. The van der Waals surface area contributed by atoms with Crippen molar-refractivity contribution >= 4 is 22.7 Å². The molecule has 0 aromatic heterocycles. The van der Waals surface area contributed by atoms with E-state index in [9.17, 15) is 9.90 Å². The van der Waals surface area contributed by atoms with Crippen LogP contribution in [0.4, 0.5) is 0 Å². The SMILES string of the molecule is CC(C)(C)OC(=O)C(C(N)O)C1CC(Cl)=NO1. The van der Waals surface area contributed by atoms with Gasteiger partial charge in [-0.2, -0.15) is 0 Å². The van der Waals surface area contributed by atoms with Gasteiger partial charge in [-0.25, -0.2) is 0 Å². The maximum Gasteiger partial charge on any atom is 0.317 e. The van der Waals surface area contributed by atoms with Crippen LogP contribution in [0, 0.1) is 5.92 Å². The Morgan fingerprint density at radius 1 is 1.71 bits per heavy atom. The number of esters is 1. The second-order valence-electron chi connectivity index (χ2n) is 4.87. The van der Waals surface area contributed by atoms with E-state index in [1.165, 1.54) is 0 Å². The van der Waals surface area contributed by atoms with Gasteiger partial charge < -0.3 is 20.4 Å². The number of halogens is 1. The molecule has 0 aliphatic carbocycles. The Balaban J connectivity index is 2.70. The van der Waals surface area contributed by atoms with E-state index in [0.29, 0.717) is 0 Å². The first-order chi connectivity index (χ1) is 7.70. The summed E-state index contributed by atoms with van der Waals surface area (Å²) in [7, 11) is 0. The summed E-state index contributed by atoms with van der Waals surface area (Å²) in [5, 5.41) is 13.2. The first-order valence-electron chi connectivity index (χ1n) is 5.25. The third kappa shape index (κ3) is 4.14. The van der Waals surface area contributed by atoms with Crippen LogP contribution < -0.4 is 5.73 Å². The molecule has 6 nitrogen and oxygen atoms in total. The molecule has 3 atom stereocenters. The highest BCUT2D eigenvalue weighted by Gasteiger charge is 2.40. The fraction of sp³-hybridized carbons (Fsp3) is 0.800. The van der Waals surface area contributed by atoms with Crippen molar-refractivity contribution in [3.63, 3.8) is 0 Å². The molecule has 1 aliphatic heterocycles. The van der Waals surface area contributed by atoms with Gasteiger partial charge in [0.2, 0.25) is 0 Å². The molecule has 0 aromatic rings. The summed E-state index contributed by atoms with van der Waals surface area (Å²) in [4.78, 5) is 16.8. The van der Waals surface area contributed by atoms with E-state index in [2.05, 4.69) is 5.16 Å². The standard InChI is InChI=1S/C10H17ClN2O4/c1-10(2,3)16-9(15)7(8(12)14)5-4-6(11)13-17-5/h5,7-8,14H,4,12H2,1-3H3. The number of aliphatic hydroxyl groups excluding tert-OH is 1. The number of nitrogens with two attached hydrogens (primary N) is 1. The predicted molar refractivity (Wildman–Crippen MR) is 62.3 cm³/mol. The van der Waals surface area contributed by atoms with Gasteiger partial charge in [0.05, 0.1) is 0 Å². The number of oxime groups is 1. The molecule has 7 heteroatoms. The van der Waals surface area contributed by atoms with Gasteiger partial charge in [-0.3, -0.25) is 4.79 Å². The van der Waals surface area contributed by atoms with Gasteiger partial charge in [0, 0.05) is 6.42 Å². The molecular formula is C10H17ClN2O4.